The van der Waals surface area contributed by atoms with Crippen LogP contribution in [0.4, 0.5) is 5.69 Å². The highest BCUT2D eigenvalue weighted by atomic mass is 32.2. The standard InChI is InChI=1S/C24H24N2O5S/c1-17(2)26(32(29,30)22-11-9-21(31-3)10-12-22)20-8-4-6-18(14-20)23(15-24(27)28)19-7-5-13-25-16-19/h4-17H,1-3H3,(H,27,28). The molecule has 0 amide bonds. The van der Waals surface area contributed by atoms with Gasteiger partial charge in [-0.25, -0.2) is 13.2 Å². The van der Waals surface area contributed by atoms with Crippen LogP contribution in [0.5, 0.6) is 5.75 Å². The molecule has 3 rings (SSSR count). The Balaban J connectivity index is 2.11. The molecule has 8 heteroatoms. The second kappa shape index (κ2) is 9.65. The van der Waals surface area contributed by atoms with E-state index in [0.29, 0.717) is 28.1 Å². The monoisotopic (exact) mass is 452 g/mol. The zero-order chi connectivity index (χ0) is 23.3. The van der Waals surface area contributed by atoms with Crippen molar-refractivity contribution in [1.82, 2.24) is 4.98 Å². The SMILES string of the molecule is COc1ccc(S(=O)(=O)N(c2cccc(C(=CC(=O)O)c3cccnc3)c2)C(C)C)cc1. The summed E-state index contributed by atoms with van der Waals surface area (Å²) in [5, 5.41) is 9.38. The van der Waals surface area contributed by atoms with Gasteiger partial charge in [0.1, 0.15) is 5.75 Å². The van der Waals surface area contributed by atoms with E-state index in [1.165, 1.54) is 23.5 Å². The molecule has 0 bridgehead atoms. The van der Waals surface area contributed by atoms with E-state index < -0.39 is 16.0 Å². The summed E-state index contributed by atoms with van der Waals surface area (Å²) in [5.74, 6) is -0.553. The minimum absolute atomic E-state index is 0.131. The molecule has 1 aromatic heterocycles. The molecule has 0 aliphatic rings. The average molecular weight is 453 g/mol. The highest BCUT2D eigenvalue weighted by Crippen LogP contribution is 2.31. The van der Waals surface area contributed by atoms with Gasteiger partial charge in [0.25, 0.3) is 10.0 Å². The first-order valence-corrected chi connectivity index (χ1v) is 11.3. The minimum atomic E-state index is -3.88. The molecule has 32 heavy (non-hydrogen) atoms. The van der Waals surface area contributed by atoms with Crippen molar-refractivity contribution in [3.05, 3.63) is 90.3 Å². The van der Waals surface area contributed by atoms with Crippen molar-refractivity contribution in [3.8, 4) is 5.75 Å². The highest BCUT2D eigenvalue weighted by Gasteiger charge is 2.28. The third-order valence-electron chi connectivity index (χ3n) is 4.74. The molecule has 0 aliphatic carbocycles. The van der Waals surface area contributed by atoms with Crippen LogP contribution in [0.3, 0.4) is 0 Å². The summed E-state index contributed by atoms with van der Waals surface area (Å²) in [6, 6.07) is 16.1. The number of methoxy groups -OCH3 is 1. The van der Waals surface area contributed by atoms with E-state index in [1.54, 1.807) is 74.8 Å². The van der Waals surface area contributed by atoms with Gasteiger partial charge >= 0.3 is 5.97 Å². The average Bonchev–Trinajstić information content (AvgIpc) is 2.78. The van der Waals surface area contributed by atoms with Crippen molar-refractivity contribution in [2.24, 2.45) is 0 Å². The second-order valence-corrected chi connectivity index (χ2v) is 9.07. The number of ether oxygens (including phenoxy) is 1. The second-order valence-electron chi connectivity index (χ2n) is 7.26. The summed E-state index contributed by atoms with van der Waals surface area (Å²) in [6.45, 7) is 3.56. The number of rotatable bonds is 8. The lowest BCUT2D eigenvalue weighted by Gasteiger charge is -2.29. The number of hydrogen-bond donors (Lipinski definition) is 1. The molecule has 0 fully saturated rings. The van der Waals surface area contributed by atoms with Crippen LogP contribution in [0.25, 0.3) is 5.57 Å². The van der Waals surface area contributed by atoms with E-state index in [-0.39, 0.29) is 10.9 Å². The van der Waals surface area contributed by atoms with Crippen molar-refractivity contribution in [3.63, 3.8) is 0 Å². The van der Waals surface area contributed by atoms with Crippen LogP contribution in [0.15, 0.2) is 84.0 Å². The fourth-order valence-electron chi connectivity index (χ4n) is 3.37. The predicted octanol–water partition coefficient (Wildman–Crippen LogP) is 4.21. The lowest BCUT2D eigenvalue weighted by Crippen LogP contribution is -2.37. The number of nitrogens with zero attached hydrogens (tertiary/aromatic N) is 2. The van der Waals surface area contributed by atoms with Gasteiger partial charge in [0, 0.05) is 30.1 Å². The molecule has 166 valence electrons. The molecule has 0 saturated heterocycles. The molecule has 0 atom stereocenters. The molecule has 2 aromatic carbocycles. The van der Waals surface area contributed by atoms with Gasteiger partial charge in [-0.1, -0.05) is 18.2 Å². The molecule has 3 aromatic rings. The number of pyridine rings is 1. The predicted molar refractivity (Wildman–Crippen MR) is 123 cm³/mol. The molecule has 0 radical (unpaired) electrons. The van der Waals surface area contributed by atoms with Crippen molar-refractivity contribution >= 4 is 27.3 Å². The van der Waals surface area contributed by atoms with Crippen molar-refractivity contribution < 1.29 is 23.1 Å². The zero-order valence-electron chi connectivity index (χ0n) is 18.0. The summed E-state index contributed by atoms with van der Waals surface area (Å²) >= 11 is 0. The molecule has 1 N–H and O–H groups in total. The number of sulfonamides is 1. The summed E-state index contributed by atoms with van der Waals surface area (Å²) in [7, 11) is -2.37. The van der Waals surface area contributed by atoms with Crippen LogP contribution in [0.1, 0.15) is 25.0 Å². The van der Waals surface area contributed by atoms with E-state index in [2.05, 4.69) is 4.98 Å². The Morgan fingerprint density at radius 1 is 1.06 bits per heavy atom. The van der Waals surface area contributed by atoms with Crippen LogP contribution in [-0.4, -0.2) is 37.6 Å². The number of carbonyl (C=O) groups is 1. The topological polar surface area (TPSA) is 96.8 Å². The first-order valence-electron chi connectivity index (χ1n) is 9.88. The maximum Gasteiger partial charge on any atom is 0.328 e. The quantitative estimate of drug-likeness (QED) is 0.514. The smallest absolute Gasteiger partial charge is 0.328 e. The van der Waals surface area contributed by atoms with Gasteiger partial charge in [0.2, 0.25) is 0 Å². The van der Waals surface area contributed by atoms with Crippen LogP contribution in [0.2, 0.25) is 0 Å². The number of carboxylic acids is 1. The van der Waals surface area contributed by atoms with E-state index in [9.17, 15) is 18.3 Å². The van der Waals surface area contributed by atoms with E-state index in [4.69, 9.17) is 4.74 Å². The Labute approximate surface area is 187 Å². The van der Waals surface area contributed by atoms with Gasteiger partial charge < -0.3 is 9.84 Å². The number of benzene rings is 2. The lowest BCUT2D eigenvalue weighted by atomic mass is 9.98. The van der Waals surface area contributed by atoms with E-state index in [0.717, 1.165) is 6.08 Å². The maximum atomic E-state index is 13.5. The lowest BCUT2D eigenvalue weighted by molar-refractivity contribution is -0.131. The molecule has 0 aliphatic heterocycles. The fraction of sp³-hybridized carbons (Fsp3) is 0.167. The van der Waals surface area contributed by atoms with E-state index in [1.807, 2.05) is 0 Å². The first-order chi connectivity index (χ1) is 15.2. The Morgan fingerprint density at radius 3 is 2.31 bits per heavy atom. The van der Waals surface area contributed by atoms with Crippen molar-refractivity contribution in [2.75, 3.05) is 11.4 Å². The van der Waals surface area contributed by atoms with Crippen LogP contribution < -0.4 is 9.04 Å². The van der Waals surface area contributed by atoms with E-state index >= 15 is 0 Å². The fourth-order valence-corrected chi connectivity index (χ4v) is 5.02. The molecule has 1 heterocycles. The Hall–Kier alpha value is -3.65. The molecule has 0 saturated carbocycles. The van der Waals surface area contributed by atoms with Crippen LogP contribution in [0, 0.1) is 0 Å². The summed E-state index contributed by atoms with van der Waals surface area (Å²) < 4.78 is 33.4. The Morgan fingerprint density at radius 2 is 1.75 bits per heavy atom. The van der Waals surface area contributed by atoms with Gasteiger partial charge in [-0.2, -0.15) is 0 Å². The molecular formula is C24H24N2O5S. The normalized spacial score (nSPS) is 11.9. The first kappa shape index (κ1) is 23.0. The summed E-state index contributed by atoms with van der Waals surface area (Å²) in [5.41, 5.74) is 2.03. The highest BCUT2D eigenvalue weighted by molar-refractivity contribution is 7.92. The van der Waals surface area contributed by atoms with Gasteiger partial charge in [-0.05, 0) is 67.4 Å². The van der Waals surface area contributed by atoms with Gasteiger partial charge in [0.05, 0.1) is 17.7 Å². The zero-order valence-corrected chi connectivity index (χ0v) is 18.8. The number of anilines is 1. The molecule has 7 nitrogen and oxygen atoms in total. The van der Waals surface area contributed by atoms with Crippen molar-refractivity contribution in [2.45, 2.75) is 24.8 Å². The van der Waals surface area contributed by atoms with Crippen molar-refractivity contribution in [1.29, 1.82) is 0 Å². The molecular weight excluding hydrogens is 428 g/mol. The van der Waals surface area contributed by atoms with Gasteiger partial charge in [-0.3, -0.25) is 9.29 Å². The summed E-state index contributed by atoms with van der Waals surface area (Å²) in [6.07, 6.45) is 4.25. The molecule has 0 unspecified atom stereocenters. The number of hydrogen-bond acceptors (Lipinski definition) is 5. The number of carboxylic acid groups (broad SMARTS) is 1. The van der Waals surface area contributed by atoms with Crippen LogP contribution >= 0.6 is 0 Å². The van der Waals surface area contributed by atoms with Gasteiger partial charge in [0.15, 0.2) is 0 Å². The van der Waals surface area contributed by atoms with Gasteiger partial charge in [-0.15, -0.1) is 0 Å². The third-order valence-corrected chi connectivity index (χ3v) is 6.76. The Kier molecular flexibility index (Phi) is 6.95. The molecule has 0 spiro atoms. The van der Waals surface area contributed by atoms with Crippen LogP contribution in [-0.2, 0) is 14.8 Å². The third kappa shape index (κ3) is 4.97. The number of aliphatic carboxylic acids is 1. The maximum absolute atomic E-state index is 13.5. The number of aromatic nitrogens is 1. The Bertz CT molecular complexity index is 1220. The largest absolute Gasteiger partial charge is 0.497 e. The minimum Gasteiger partial charge on any atom is -0.497 e. The summed E-state index contributed by atoms with van der Waals surface area (Å²) in [4.78, 5) is 15.7.